The Bertz CT molecular complexity index is 1240. The molecule has 2 aromatic carbocycles. The lowest BCUT2D eigenvalue weighted by Crippen LogP contribution is -2.27. The van der Waals surface area contributed by atoms with Crippen LogP contribution in [0.2, 0.25) is 0 Å². The molecule has 0 aromatic heterocycles. The Balaban J connectivity index is 2.19. The van der Waals surface area contributed by atoms with Crippen LogP contribution in [0.3, 0.4) is 0 Å². The molecule has 1 heterocycles. The van der Waals surface area contributed by atoms with Crippen LogP contribution in [0, 0.1) is 17.5 Å². The minimum Gasteiger partial charge on any atom is -0.465 e. The van der Waals surface area contributed by atoms with Gasteiger partial charge >= 0.3 is 18.1 Å². The molecule has 1 aliphatic rings. The molecular weight excluding hydrogens is 484 g/mol. The largest absolute Gasteiger partial charge is 0.465 e. The number of anilines is 1. The highest BCUT2D eigenvalue weighted by Gasteiger charge is 2.34. The van der Waals surface area contributed by atoms with E-state index >= 15 is 0 Å². The van der Waals surface area contributed by atoms with Crippen molar-refractivity contribution in [2.75, 3.05) is 19.1 Å². The predicted octanol–water partition coefficient (Wildman–Crippen LogP) is 5.41. The number of carbonyl (C=O) groups is 2. The fourth-order valence-electron chi connectivity index (χ4n) is 3.05. The Hall–Kier alpha value is -4.22. The van der Waals surface area contributed by atoms with Crippen LogP contribution >= 0.6 is 0 Å². The summed E-state index contributed by atoms with van der Waals surface area (Å²) >= 11 is 0. The number of hydrogen-bond acceptors (Lipinski definition) is 6. The van der Waals surface area contributed by atoms with E-state index in [2.05, 4.69) is 4.74 Å². The first-order valence-electron chi connectivity index (χ1n) is 9.56. The normalized spacial score (nSPS) is 13.5. The molecule has 0 saturated carbocycles. The van der Waals surface area contributed by atoms with Crippen LogP contribution in [0.4, 0.5) is 32.0 Å². The first kappa shape index (κ1) is 25.4. The van der Waals surface area contributed by atoms with Crippen molar-refractivity contribution in [1.29, 1.82) is 0 Å². The van der Waals surface area contributed by atoms with Crippen molar-refractivity contribution in [3.05, 3.63) is 89.0 Å². The average Bonchev–Trinajstić information content (AvgIpc) is 3.03. The highest BCUT2D eigenvalue weighted by molar-refractivity contribution is 6.05. The van der Waals surface area contributed by atoms with Gasteiger partial charge in [0.1, 0.15) is 11.5 Å². The van der Waals surface area contributed by atoms with Crippen LogP contribution in [0.1, 0.15) is 5.56 Å². The number of carbonyl (C=O) groups excluding carboxylic acids is 2. The fourth-order valence-corrected chi connectivity index (χ4v) is 3.05. The molecular formula is C23H15F6NO5. The molecule has 0 amide bonds. The van der Waals surface area contributed by atoms with Gasteiger partial charge in [0.05, 0.1) is 31.0 Å². The minimum atomic E-state index is -5.02. The van der Waals surface area contributed by atoms with Gasteiger partial charge in [0.15, 0.2) is 23.1 Å². The Labute approximate surface area is 194 Å². The van der Waals surface area contributed by atoms with Gasteiger partial charge < -0.3 is 19.1 Å². The lowest BCUT2D eigenvalue weighted by atomic mass is 10.1. The zero-order valence-corrected chi connectivity index (χ0v) is 18.0. The zero-order valence-electron chi connectivity index (χ0n) is 18.0. The monoisotopic (exact) mass is 499 g/mol. The Morgan fingerprint density at radius 3 is 2.09 bits per heavy atom. The summed E-state index contributed by atoms with van der Waals surface area (Å²) in [5, 5.41) is 0. The van der Waals surface area contributed by atoms with Crippen LogP contribution in [-0.4, -0.2) is 26.2 Å². The second kappa shape index (κ2) is 9.95. The lowest BCUT2D eigenvalue weighted by molar-refractivity contribution is -0.139. The first-order valence-corrected chi connectivity index (χ1v) is 9.56. The van der Waals surface area contributed by atoms with Crippen molar-refractivity contribution >= 4 is 17.6 Å². The molecule has 0 atom stereocenters. The van der Waals surface area contributed by atoms with Gasteiger partial charge in [-0.25, -0.2) is 22.8 Å². The third-order valence-electron chi connectivity index (χ3n) is 4.61. The lowest BCUT2D eigenvalue weighted by Gasteiger charge is -2.25. The topological polar surface area (TPSA) is 65.1 Å². The molecule has 0 radical (unpaired) electrons. The van der Waals surface area contributed by atoms with Crippen LogP contribution in [-0.2, 0) is 25.2 Å². The molecule has 0 spiro atoms. The molecule has 6 nitrogen and oxygen atoms in total. The number of methoxy groups -OCH3 is 2. The molecule has 0 aliphatic carbocycles. The summed E-state index contributed by atoms with van der Waals surface area (Å²) in [6, 6.07) is 2.66. The molecule has 0 saturated heterocycles. The van der Waals surface area contributed by atoms with Gasteiger partial charge in [0.25, 0.3) is 0 Å². The first-order chi connectivity index (χ1) is 16.5. The molecule has 1 aliphatic heterocycles. The average molecular weight is 499 g/mol. The number of hydrogen-bond donors (Lipinski definition) is 0. The van der Waals surface area contributed by atoms with Gasteiger partial charge in [-0.2, -0.15) is 13.2 Å². The summed E-state index contributed by atoms with van der Waals surface area (Å²) in [4.78, 5) is 25.8. The second-order valence-electron chi connectivity index (χ2n) is 6.80. The minimum absolute atomic E-state index is 0.0342. The van der Waals surface area contributed by atoms with E-state index in [0.717, 1.165) is 37.3 Å². The third kappa shape index (κ3) is 5.31. The maximum atomic E-state index is 14.4. The van der Waals surface area contributed by atoms with Crippen molar-refractivity contribution in [2.45, 2.75) is 6.18 Å². The zero-order chi connectivity index (χ0) is 25.9. The predicted molar refractivity (Wildman–Crippen MR) is 110 cm³/mol. The quantitative estimate of drug-likeness (QED) is 0.405. The Morgan fingerprint density at radius 2 is 1.51 bits per heavy atom. The number of ether oxygens (including phenoxy) is 3. The van der Waals surface area contributed by atoms with E-state index in [1.165, 1.54) is 24.4 Å². The fraction of sp³-hybridized carbons (Fsp3) is 0.130. The second-order valence-corrected chi connectivity index (χ2v) is 6.80. The number of allylic oxidation sites excluding steroid dienone is 2. The van der Waals surface area contributed by atoms with Gasteiger partial charge in [0.2, 0.25) is 0 Å². The van der Waals surface area contributed by atoms with Crippen LogP contribution in [0.15, 0.2) is 66.0 Å². The summed E-state index contributed by atoms with van der Waals surface area (Å²) in [6.45, 7) is 0. The summed E-state index contributed by atoms with van der Waals surface area (Å²) in [5.74, 6) is -7.95. The molecule has 2 aromatic rings. The van der Waals surface area contributed by atoms with E-state index in [-0.39, 0.29) is 23.4 Å². The molecule has 0 fully saturated rings. The smallest absolute Gasteiger partial charge is 0.416 e. The van der Waals surface area contributed by atoms with E-state index in [1.807, 2.05) is 0 Å². The van der Waals surface area contributed by atoms with Gasteiger partial charge in [-0.05, 0) is 36.4 Å². The number of halogens is 6. The summed E-state index contributed by atoms with van der Waals surface area (Å²) in [6.07, 6.45) is 0.0794. The van der Waals surface area contributed by atoms with Crippen molar-refractivity contribution in [3.63, 3.8) is 0 Å². The highest BCUT2D eigenvalue weighted by atomic mass is 19.4. The van der Waals surface area contributed by atoms with Crippen molar-refractivity contribution < 1.29 is 50.1 Å². The van der Waals surface area contributed by atoms with E-state index in [0.29, 0.717) is 0 Å². The highest BCUT2D eigenvalue weighted by Crippen LogP contribution is 2.40. The number of esters is 2. The maximum Gasteiger partial charge on any atom is 0.416 e. The molecule has 35 heavy (non-hydrogen) atoms. The van der Waals surface area contributed by atoms with E-state index < -0.39 is 58.3 Å². The standard InChI is InChI=1S/C23H15F6NO5/c1-33-21(31)14-5-3-4-8-30(19(14)22(32)34-2)17-11-13(24)6-7-18(17)35-20-15(25)9-12(10-16(20)26)23(27,28)29/h3-11H,1-2H3. The molecule has 0 bridgehead atoms. The number of alkyl halides is 3. The van der Waals surface area contributed by atoms with E-state index in [1.54, 1.807) is 0 Å². The Kier molecular flexibility index (Phi) is 7.22. The van der Waals surface area contributed by atoms with Gasteiger partial charge in [0, 0.05) is 12.3 Å². The van der Waals surface area contributed by atoms with Gasteiger partial charge in [-0.15, -0.1) is 0 Å². The SMILES string of the molecule is COC(=O)C1=C(C(=O)OC)N(c2cc(F)ccc2Oc2c(F)cc(C(F)(F)F)cc2F)C=CC=C1. The van der Waals surface area contributed by atoms with Crippen LogP contribution < -0.4 is 9.64 Å². The van der Waals surface area contributed by atoms with Crippen molar-refractivity contribution in [2.24, 2.45) is 0 Å². The van der Waals surface area contributed by atoms with E-state index in [4.69, 9.17) is 9.47 Å². The maximum absolute atomic E-state index is 14.4. The summed E-state index contributed by atoms with van der Waals surface area (Å²) in [5.41, 5.74) is -2.70. The van der Waals surface area contributed by atoms with Gasteiger partial charge in [-0.1, -0.05) is 6.08 Å². The summed E-state index contributed by atoms with van der Waals surface area (Å²) < 4.78 is 96.2. The molecule has 0 unspecified atom stereocenters. The Morgan fingerprint density at radius 1 is 0.886 bits per heavy atom. The number of benzene rings is 2. The van der Waals surface area contributed by atoms with Crippen molar-refractivity contribution in [3.8, 4) is 11.5 Å². The van der Waals surface area contributed by atoms with E-state index in [9.17, 15) is 35.9 Å². The molecule has 12 heteroatoms. The van der Waals surface area contributed by atoms with Crippen LogP contribution in [0.25, 0.3) is 0 Å². The van der Waals surface area contributed by atoms with Crippen molar-refractivity contribution in [1.82, 2.24) is 0 Å². The number of rotatable bonds is 5. The third-order valence-corrected chi connectivity index (χ3v) is 4.61. The molecule has 184 valence electrons. The molecule has 0 N–H and O–H groups in total. The molecule has 3 rings (SSSR count). The van der Waals surface area contributed by atoms with Crippen LogP contribution in [0.5, 0.6) is 11.5 Å². The number of nitrogens with zero attached hydrogens (tertiary/aromatic N) is 1. The summed E-state index contributed by atoms with van der Waals surface area (Å²) in [7, 11) is 2.06. The van der Waals surface area contributed by atoms with Gasteiger partial charge in [-0.3, -0.25) is 0 Å².